The van der Waals surface area contributed by atoms with E-state index in [1.165, 1.54) is 38.5 Å². The van der Waals surface area contributed by atoms with Crippen molar-refractivity contribution in [2.24, 2.45) is 5.92 Å². The summed E-state index contributed by atoms with van der Waals surface area (Å²) in [6.45, 7) is 0. The van der Waals surface area contributed by atoms with Gasteiger partial charge >= 0.3 is 0 Å². The Bertz CT molecular complexity index is 415. The van der Waals surface area contributed by atoms with Crippen LogP contribution in [0.5, 0.6) is 0 Å². The zero-order valence-corrected chi connectivity index (χ0v) is 13.9. The van der Waals surface area contributed by atoms with E-state index in [2.05, 4.69) is 21.2 Å². The van der Waals surface area contributed by atoms with Crippen molar-refractivity contribution >= 4 is 15.9 Å². The van der Waals surface area contributed by atoms with E-state index < -0.39 is 0 Å². The Kier molecular flexibility index (Phi) is 6.50. The number of benzene rings is 1. The molecule has 1 aliphatic rings. The summed E-state index contributed by atoms with van der Waals surface area (Å²) in [4.78, 5) is 0. The zero-order valence-electron chi connectivity index (χ0n) is 12.3. The standard InChI is InChI=1S/C17H25BrFN/c1-20-16(10-7-13-5-3-2-4-6-13)11-14-8-9-15(18)12-17(14)19/h8-9,12-13,16,20H,2-7,10-11H2,1H3. The summed E-state index contributed by atoms with van der Waals surface area (Å²) in [5, 5.41) is 3.35. The molecule has 1 nitrogen and oxygen atoms in total. The summed E-state index contributed by atoms with van der Waals surface area (Å²) in [5.41, 5.74) is 0.816. The Morgan fingerprint density at radius 1 is 1.30 bits per heavy atom. The molecule has 1 unspecified atom stereocenters. The van der Waals surface area contributed by atoms with Gasteiger partial charge in [0.15, 0.2) is 0 Å². The molecule has 1 fully saturated rings. The highest BCUT2D eigenvalue weighted by atomic mass is 79.9. The van der Waals surface area contributed by atoms with Gasteiger partial charge in [0.2, 0.25) is 0 Å². The van der Waals surface area contributed by atoms with E-state index >= 15 is 0 Å². The fraction of sp³-hybridized carbons (Fsp3) is 0.647. The first kappa shape index (κ1) is 16.0. The number of likely N-dealkylation sites (N-methyl/N-ethyl adjacent to an activating group) is 1. The summed E-state index contributed by atoms with van der Waals surface area (Å²) in [5.74, 6) is 0.798. The van der Waals surface area contributed by atoms with E-state index in [9.17, 15) is 4.39 Å². The average Bonchev–Trinajstić information content (AvgIpc) is 2.46. The number of halogens is 2. The van der Waals surface area contributed by atoms with Crippen molar-refractivity contribution in [2.75, 3.05) is 7.05 Å². The first-order valence-electron chi connectivity index (χ1n) is 7.80. The van der Waals surface area contributed by atoms with Crippen LogP contribution >= 0.6 is 15.9 Å². The van der Waals surface area contributed by atoms with Crippen molar-refractivity contribution < 1.29 is 4.39 Å². The minimum Gasteiger partial charge on any atom is -0.317 e. The topological polar surface area (TPSA) is 12.0 Å². The lowest BCUT2D eigenvalue weighted by atomic mass is 9.84. The van der Waals surface area contributed by atoms with E-state index in [1.807, 2.05) is 19.2 Å². The average molecular weight is 342 g/mol. The molecule has 112 valence electrons. The Morgan fingerprint density at radius 2 is 2.05 bits per heavy atom. The van der Waals surface area contributed by atoms with Crippen LogP contribution in [-0.4, -0.2) is 13.1 Å². The van der Waals surface area contributed by atoms with Crippen molar-refractivity contribution in [1.82, 2.24) is 5.32 Å². The van der Waals surface area contributed by atoms with Crippen LogP contribution in [0.2, 0.25) is 0 Å². The van der Waals surface area contributed by atoms with Crippen LogP contribution in [0.15, 0.2) is 22.7 Å². The minimum absolute atomic E-state index is 0.0997. The van der Waals surface area contributed by atoms with Crippen LogP contribution in [0.4, 0.5) is 4.39 Å². The normalized spacial score (nSPS) is 18.1. The van der Waals surface area contributed by atoms with Gasteiger partial charge in [0, 0.05) is 10.5 Å². The highest BCUT2D eigenvalue weighted by Crippen LogP contribution is 2.28. The summed E-state index contributed by atoms with van der Waals surface area (Å²) in [6.07, 6.45) is 10.2. The van der Waals surface area contributed by atoms with Gasteiger partial charge in [-0.3, -0.25) is 0 Å². The molecule has 1 atom stereocenters. The van der Waals surface area contributed by atoms with Crippen LogP contribution in [0, 0.1) is 11.7 Å². The number of nitrogens with one attached hydrogen (secondary N) is 1. The van der Waals surface area contributed by atoms with Gasteiger partial charge in [-0.25, -0.2) is 4.39 Å². The lowest BCUT2D eigenvalue weighted by Gasteiger charge is -2.24. The van der Waals surface area contributed by atoms with Crippen molar-refractivity contribution in [1.29, 1.82) is 0 Å². The second kappa shape index (κ2) is 8.14. The maximum Gasteiger partial charge on any atom is 0.127 e. The summed E-state index contributed by atoms with van der Waals surface area (Å²) < 4.78 is 14.7. The monoisotopic (exact) mass is 341 g/mol. The van der Waals surface area contributed by atoms with E-state index in [1.54, 1.807) is 6.07 Å². The van der Waals surface area contributed by atoms with Crippen molar-refractivity contribution in [2.45, 2.75) is 57.4 Å². The van der Waals surface area contributed by atoms with Crippen molar-refractivity contribution in [3.63, 3.8) is 0 Å². The van der Waals surface area contributed by atoms with Gasteiger partial charge in [-0.05, 0) is 49.9 Å². The molecular weight excluding hydrogens is 317 g/mol. The molecule has 1 N–H and O–H groups in total. The predicted octanol–water partition coefficient (Wildman–Crippen LogP) is 5.08. The largest absolute Gasteiger partial charge is 0.317 e. The SMILES string of the molecule is CNC(CCC1CCCCC1)Cc1ccc(Br)cc1F. The third kappa shape index (κ3) is 4.85. The third-order valence-electron chi connectivity index (χ3n) is 4.54. The fourth-order valence-electron chi connectivity index (χ4n) is 3.21. The first-order chi connectivity index (χ1) is 9.69. The quantitative estimate of drug-likeness (QED) is 0.760. The summed E-state index contributed by atoms with van der Waals surface area (Å²) in [7, 11) is 1.99. The maximum absolute atomic E-state index is 13.9. The smallest absolute Gasteiger partial charge is 0.127 e. The molecule has 3 heteroatoms. The number of hydrogen-bond acceptors (Lipinski definition) is 1. The molecule has 1 aliphatic carbocycles. The van der Waals surface area contributed by atoms with Crippen LogP contribution in [-0.2, 0) is 6.42 Å². The molecule has 0 bridgehead atoms. The molecule has 1 aromatic carbocycles. The highest BCUT2D eigenvalue weighted by Gasteiger charge is 2.16. The Balaban J connectivity index is 1.84. The molecule has 0 aliphatic heterocycles. The molecule has 0 spiro atoms. The molecule has 20 heavy (non-hydrogen) atoms. The van der Waals surface area contributed by atoms with Crippen molar-refractivity contribution in [3.8, 4) is 0 Å². The van der Waals surface area contributed by atoms with Gasteiger partial charge in [0.1, 0.15) is 5.82 Å². The van der Waals surface area contributed by atoms with Gasteiger partial charge in [0.25, 0.3) is 0 Å². The molecule has 0 saturated heterocycles. The zero-order chi connectivity index (χ0) is 14.4. The molecule has 0 aromatic heterocycles. The Labute approximate surface area is 130 Å². The molecule has 0 radical (unpaired) electrons. The molecule has 1 aromatic rings. The Hall–Kier alpha value is -0.410. The first-order valence-corrected chi connectivity index (χ1v) is 8.59. The molecule has 0 heterocycles. The van der Waals surface area contributed by atoms with E-state index in [0.717, 1.165) is 28.8 Å². The lowest BCUT2D eigenvalue weighted by molar-refractivity contribution is 0.315. The van der Waals surface area contributed by atoms with Crippen molar-refractivity contribution in [3.05, 3.63) is 34.1 Å². The summed E-state index contributed by atoms with van der Waals surface area (Å²) >= 11 is 3.31. The van der Waals surface area contributed by atoms with Crippen LogP contribution in [0.1, 0.15) is 50.5 Å². The van der Waals surface area contributed by atoms with E-state index in [-0.39, 0.29) is 5.82 Å². The van der Waals surface area contributed by atoms with Gasteiger partial charge in [-0.2, -0.15) is 0 Å². The molecule has 2 rings (SSSR count). The van der Waals surface area contributed by atoms with Crippen LogP contribution in [0.25, 0.3) is 0 Å². The van der Waals surface area contributed by atoms with Gasteiger partial charge in [-0.15, -0.1) is 0 Å². The number of hydrogen-bond donors (Lipinski definition) is 1. The van der Waals surface area contributed by atoms with Gasteiger partial charge in [0.05, 0.1) is 0 Å². The predicted molar refractivity (Wildman–Crippen MR) is 86.5 cm³/mol. The maximum atomic E-state index is 13.9. The van der Waals surface area contributed by atoms with Gasteiger partial charge in [-0.1, -0.05) is 54.1 Å². The highest BCUT2D eigenvalue weighted by molar-refractivity contribution is 9.10. The Morgan fingerprint density at radius 3 is 2.70 bits per heavy atom. The second-order valence-electron chi connectivity index (χ2n) is 6.01. The number of rotatable bonds is 6. The molecule has 0 amide bonds. The fourth-order valence-corrected chi connectivity index (χ4v) is 3.55. The van der Waals surface area contributed by atoms with Gasteiger partial charge < -0.3 is 5.32 Å². The summed E-state index contributed by atoms with van der Waals surface area (Å²) in [6, 6.07) is 5.76. The lowest BCUT2D eigenvalue weighted by Crippen LogP contribution is -2.28. The third-order valence-corrected chi connectivity index (χ3v) is 5.03. The second-order valence-corrected chi connectivity index (χ2v) is 6.92. The molecular formula is C17H25BrFN. The van der Waals surface area contributed by atoms with E-state index in [4.69, 9.17) is 0 Å². The molecule has 1 saturated carbocycles. The minimum atomic E-state index is -0.0997. The van der Waals surface area contributed by atoms with E-state index in [0.29, 0.717) is 6.04 Å². The van der Waals surface area contributed by atoms with Crippen LogP contribution in [0.3, 0.4) is 0 Å². The van der Waals surface area contributed by atoms with Crippen LogP contribution < -0.4 is 5.32 Å².